The lowest BCUT2D eigenvalue weighted by atomic mass is 10.2. The first-order chi connectivity index (χ1) is 12.6. The van der Waals surface area contributed by atoms with Gasteiger partial charge in [0.25, 0.3) is 5.91 Å². The minimum Gasteiger partial charge on any atom is -0.481 e. The SMILES string of the molecule is C[C@H](Oc1ccc(Br)cc1)C(=O)NCc1ccnc(N2CCOCC2)c1. The maximum atomic E-state index is 12.3. The van der Waals surface area contributed by atoms with Gasteiger partial charge in [0.15, 0.2) is 6.10 Å². The molecule has 7 heteroatoms. The van der Waals surface area contributed by atoms with Gasteiger partial charge in [-0.05, 0) is 48.9 Å². The van der Waals surface area contributed by atoms with Crippen molar-refractivity contribution >= 4 is 27.7 Å². The van der Waals surface area contributed by atoms with Crippen molar-refractivity contribution in [1.29, 1.82) is 0 Å². The van der Waals surface area contributed by atoms with Gasteiger partial charge in [0.2, 0.25) is 0 Å². The normalized spacial score (nSPS) is 15.4. The Morgan fingerprint density at radius 3 is 2.77 bits per heavy atom. The van der Waals surface area contributed by atoms with E-state index in [4.69, 9.17) is 9.47 Å². The van der Waals surface area contributed by atoms with Gasteiger partial charge in [-0.1, -0.05) is 15.9 Å². The fraction of sp³-hybridized carbons (Fsp3) is 0.368. The number of aromatic nitrogens is 1. The average molecular weight is 420 g/mol. The van der Waals surface area contributed by atoms with Gasteiger partial charge in [0, 0.05) is 30.3 Å². The molecule has 0 aliphatic carbocycles. The molecular weight excluding hydrogens is 398 g/mol. The summed E-state index contributed by atoms with van der Waals surface area (Å²) in [7, 11) is 0. The summed E-state index contributed by atoms with van der Waals surface area (Å²) < 4.78 is 12.0. The van der Waals surface area contributed by atoms with Gasteiger partial charge < -0.3 is 19.7 Å². The minimum atomic E-state index is -0.572. The van der Waals surface area contributed by atoms with Crippen LogP contribution in [0.5, 0.6) is 5.75 Å². The van der Waals surface area contributed by atoms with E-state index in [-0.39, 0.29) is 5.91 Å². The largest absolute Gasteiger partial charge is 0.481 e. The zero-order valence-corrected chi connectivity index (χ0v) is 16.2. The number of morpholine rings is 1. The Hall–Kier alpha value is -2.12. The second-order valence-electron chi connectivity index (χ2n) is 6.05. The molecule has 3 rings (SSSR count). The van der Waals surface area contributed by atoms with E-state index < -0.39 is 6.10 Å². The fourth-order valence-electron chi connectivity index (χ4n) is 2.64. The Bertz CT molecular complexity index is 733. The molecule has 6 nitrogen and oxygen atoms in total. The molecule has 2 heterocycles. The number of carbonyl (C=O) groups is 1. The molecule has 0 saturated carbocycles. The molecule has 1 aromatic carbocycles. The van der Waals surface area contributed by atoms with Gasteiger partial charge in [-0.3, -0.25) is 4.79 Å². The van der Waals surface area contributed by atoms with Crippen LogP contribution >= 0.6 is 15.9 Å². The zero-order valence-electron chi connectivity index (χ0n) is 14.7. The van der Waals surface area contributed by atoms with Gasteiger partial charge in [0.05, 0.1) is 13.2 Å². The summed E-state index contributed by atoms with van der Waals surface area (Å²) in [6.45, 7) is 5.28. The molecule has 2 aromatic rings. The van der Waals surface area contributed by atoms with Crippen molar-refractivity contribution < 1.29 is 14.3 Å². The smallest absolute Gasteiger partial charge is 0.261 e. The monoisotopic (exact) mass is 419 g/mol. The fourth-order valence-corrected chi connectivity index (χ4v) is 2.90. The van der Waals surface area contributed by atoms with Crippen LogP contribution in [0, 0.1) is 0 Å². The molecule has 1 aromatic heterocycles. The lowest BCUT2D eigenvalue weighted by molar-refractivity contribution is -0.127. The quantitative estimate of drug-likeness (QED) is 0.779. The van der Waals surface area contributed by atoms with Crippen LogP contribution in [0.25, 0.3) is 0 Å². The van der Waals surface area contributed by atoms with Crippen molar-refractivity contribution in [2.24, 2.45) is 0 Å². The van der Waals surface area contributed by atoms with Crippen molar-refractivity contribution in [1.82, 2.24) is 10.3 Å². The molecule has 1 atom stereocenters. The third kappa shape index (κ3) is 5.19. The molecule has 0 spiro atoms. The summed E-state index contributed by atoms with van der Waals surface area (Å²) in [4.78, 5) is 18.9. The molecule has 1 fully saturated rings. The maximum absolute atomic E-state index is 12.3. The summed E-state index contributed by atoms with van der Waals surface area (Å²) in [5.41, 5.74) is 1.01. The highest BCUT2D eigenvalue weighted by Crippen LogP contribution is 2.17. The molecule has 1 saturated heterocycles. The number of hydrogen-bond donors (Lipinski definition) is 1. The first-order valence-electron chi connectivity index (χ1n) is 8.59. The van der Waals surface area contributed by atoms with Crippen molar-refractivity contribution in [3.8, 4) is 5.75 Å². The molecule has 0 radical (unpaired) electrons. The second-order valence-corrected chi connectivity index (χ2v) is 6.97. The summed E-state index contributed by atoms with van der Waals surface area (Å²) >= 11 is 3.38. The number of carbonyl (C=O) groups excluding carboxylic acids is 1. The highest BCUT2D eigenvalue weighted by molar-refractivity contribution is 9.10. The van der Waals surface area contributed by atoms with Crippen molar-refractivity contribution in [2.75, 3.05) is 31.2 Å². The van der Waals surface area contributed by atoms with Gasteiger partial charge in [-0.15, -0.1) is 0 Å². The first-order valence-corrected chi connectivity index (χ1v) is 9.39. The number of anilines is 1. The summed E-state index contributed by atoms with van der Waals surface area (Å²) in [5, 5.41) is 2.92. The van der Waals surface area contributed by atoms with Crippen molar-refractivity contribution in [2.45, 2.75) is 19.6 Å². The van der Waals surface area contributed by atoms with Crippen LogP contribution < -0.4 is 15.0 Å². The topological polar surface area (TPSA) is 63.7 Å². The lowest BCUT2D eigenvalue weighted by Gasteiger charge is -2.28. The third-order valence-electron chi connectivity index (χ3n) is 4.11. The number of ether oxygens (including phenoxy) is 2. The van der Waals surface area contributed by atoms with Crippen molar-refractivity contribution in [3.05, 3.63) is 52.6 Å². The van der Waals surface area contributed by atoms with Crippen LogP contribution in [-0.2, 0) is 16.1 Å². The van der Waals surface area contributed by atoms with Crippen LogP contribution in [0.1, 0.15) is 12.5 Å². The van der Waals surface area contributed by atoms with E-state index in [1.807, 2.05) is 36.4 Å². The highest BCUT2D eigenvalue weighted by Gasteiger charge is 2.15. The van der Waals surface area contributed by atoms with Crippen LogP contribution in [0.15, 0.2) is 47.1 Å². The number of amides is 1. The maximum Gasteiger partial charge on any atom is 0.261 e. The van der Waals surface area contributed by atoms with E-state index in [2.05, 4.69) is 31.1 Å². The Morgan fingerprint density at radius 2 is 2.04 bits per heavy atom. The standard InChI is InChI=1S/C19H22BrN3O3/c1-14(26-17-4-2-16(20)3-5-17)19(24)22-13-15-6-7-21-18(12-15)23-8-10-25-11-9-23/h2-7,12,14H,8-11,13H2,1H3,(H,22,24)/t14-/m0/s1. The molecule has 1 aliphatic rings. The molecule has 0 unspecified atom stereocenters. The van der Waals surface area contributed by atoms with E-state index in [1.54, 1.807) is 13.1 Å². The predicted molar refractivity (Wildman–Crippen MR) is 103 cm³/mol. The lowest BCUT2D eigenvalue weighted by Crippen LogP contribution is -2.37. The summed E-state index contributed by atoms with van der Waals surface area (Å²) in [6, 6.07) is 11.3. The molecule has 1 aliphatic heterocycles. The number of pyridine rings is 1. The number of nitrogens with one attached hydrogen (secondary N) is 1. The van der Waals surface area contributed by atoms with E-state index >= 15 is 0 Å². The summed E-state index contributed by atoms with van der Waals surface area (Å²) in [5.74, 6) is 1.42. The van der Waals surface area contributed by atoms with Gasteiger partial charge >= 0.3 is 0 Å². The van der Waals surface area contributed by atoms with Crippen LogP contribution in [0.2, 0.25) is 0 Å². The third-order valence-corrected chi connectivity index (χ3v) is 4.64. The van der Waals surface area contributed by atoms with Crippen LogP contribution in [0.3, 0.4) is 0 Å². The highest BCUT2D eigenvalue weighted by atomic mass is 79.9. The van der Waals surface area contributed by atoms with E-state index in [9.17, 15) is 4.79 Å². The summed E-state index contributed by atoms with van der Waals surface area (Å²) in [6.07, 6.45) is 1.20. The minimum absolute atomic E-state index is 0.155. The van der Waals surface area contributed by atoms with E-state index in [0.29, 0.717) is 25.5 Å². The Balaban J connectivity index is 1.52. The molecular formula is C19H22BrN3O3. The number of nitrogens with zero attached hydrogens (tertiary/aromatic N) is 2. The molecule has 0 bridgehead atoms. The van der Waals surface area contributed by atoms with Crippen LogP contribution in [-0.4, -0.2) is 43.3 Å². The number of benzene rings is 1. The molecule has 1 amide bonds. The molecule has 26 heavy (non-hydrogen) atoms. The number of halogens is 1. The zero-order chi connectivity index (χ0) is 18.4. The second kappa shape index (κ2) is 9.00. The van der Waals surface area contributed by atoms with E-state index in [0.717, 1.165) is 28.9 Å². The van der Waals surface area contributed by atoms with Gasteiger partial charge in [-0.2, -0.15) is 0 Å². The van der Waals surface area contributed by atoms with E-state index in [1.165, 1.54) is 0 Å². The van der Waals surface area contributed by atoms with Gasteiger partial charge in [0.1, 0.15) is 11.6 Å². The Kier molecular flexibility index (Phi) is 6.46. The predicted octanol–water partition coefficient (Wildman–Crippen LogP) is 2.76. The first kappa shape index (κ1) is 18.7. The van der Waals surface area contributed by atoms with Gasteiger partial charge in [-0.25, -0.2) is 4.98 Å². The molecule has 138 valence electrons. The number of rotatable bonds is 6. The Morgan fingerprint density at radius 1 is 1.31 bits per heavy atom. The number of hydrogen-bond acceptors (Lipinski definition) is 5. The average Bonchev–Trinajstić information content (AvgIpc) is 2.68. The molecule has 1 N–H and O–H groups in total. The van der Waals surface area contributed by atoms with Crippen molar-refractivity contribution in [3.63, 3.8) is 0 Å². The van der Waals surface area contributed by atoms with Crippen LogP contribution in [0.4, 0.5) is 5.82 Å². The Labute approximate surface area is 161 Å².